The second kappa shape index (κ2) is 4.16. The molecule has 1 heterocycles. The van der Waals surface area contributed by atoms with E-state index in [-0.39, 0.29) is 5.57 Å². The number of ether oxygens (including phenoxy) is 1. The van der Waals surface area contributed by atoms with Crippen LogP contribution in [-0.4, -0.2) is 45.2 Å². The van der Waals surface area contributed by atoms with Crippen LogP contribution in [0.4, 0.5) is 0 Å². The second-order valence-corrected chi connectivity index (χ2v) is 6.42. The predicted molar refractivity (Wildman–Crippen MR) is 70.6 cm³/mol. The molecule has 3 N–H and O–H groups in total. The average molecular weight is 280 g/mol. The van der Waals surface area contributed by atoms with E-state index in [1.165, 1.54) is 0 Å². The van der Waals surface area contributed by atoms with Crippen LogP contribution in [0.1, 0.15) is 26.7 Å². The number of fused-ring (bicyclic) bond motifs is 3. The minimum atomic E-state index is -1.37. The first-order valence-corrected chi connectivity index (χ1v) is 6.92. The van der Waals surface area contributed by atoms with E-state index in [0.29, 0.717) is 12.8 Å². The van der Waals surface area contributed by atoms with Gasteiger partial charge in [0.1, 0.15) is 6.10 Å². The Labute approximate surface area is 117 Å². The van der Waals surface area contributed by atoms with Gasteiger partial charge in [0.15, 0.2) is 0 Å². The molecule has 0 bridgehead atoms. The number of hydrogen-bond donors (Lipinski definition) is 3. The summed E-state index contributed by atoms with van der Waals surface area (Å²) in [6, 6.07) is 0. The molecule has 0 aromatic heterocycles. The summed E-state index contributed by atoms with van der Waals surface area (Å²) < 4.78 is 5.37. The summed E-state index contributed by atoms with van der Waals surface area (Å²) in [6.45, 7) is 7.18. The van der Waals surface area contributed by atoms with Crippen molar-refractivity contribution in [3.63, 3.8) is 0 Å². The van der Waals surface area contributed by atoms with Crippen LogP contribution >= 0.6 is 0 Å². The van der Waals surface area contributed by atoms with Crippen LogP contribution in [0.2, 0.25) is 0 Å². The Bertz CT molecular complexity index is 518. The first-order chi connectivity index (χ1) is 9.25. The number of rotatable bonds is 0. The molecule has 0 aromatic carbocycles. The lowest BCUT2D eigenvalue weighted by molar-refractivity contribution is -0.148. The zero-order chi connectivity index (χ0) is 14.8. The minimum absolute atomic E-state index is 0.258. The Morgan fingerprint density at radius 1 is 1.35 bits per heavy atom. The first kappa shape index (κ1) is 13.8. The summed E-state index contributed by atoms with van der Waals surface area (Å²) in [5.41, 5.74) is 0.747. The van der Waals surface area contributed by atoms with Crippen molar-refractivity contribution >= 4 is 5.97 Å². The number of aliphatic hydroxyl groups is 3. The number of aliphatic hydroxyl groups excluding tert-OH is 2. The molecule has 6 atom stereocenters. The third-order valence-electron chi connectivity index (χ3n) is 5.16. The summed E-state index contributed by atoms with van der Waals surface area (Å²) in [7, 11) is 0. The van der Waals surface area contributed by atoms with Gasteiger partial charge in [-0.3, -0.25) is 0 Å². The zero-order valence-electron chi connectivity index (χ0n) is 11.7. The fraction of sp³-hybridized carbons (Fsp3) is 0.667. The van der Waals surface area contributed by atoms with Crippen molar-refractivity contribution in [2.75, 3.05) is 0 Å². The monoisotopic (exact) mass is 280 g/mol. The molecule has 20 heavy (non-hydrogen) atoms. The molecule has 110 valence electrons. The van der Waals surface area contributed by atoms with Crippen molar-refractivity contribution in [2.45, 2.75) is 50.6 Å². The molecule has 2 aliphatic carbocycles. The van der Waals surface area contributed by atoms with Gasteiger partial charge >= 0.3 is 5.97 Å². The highest BCUT2D eigenvalue weighted by atomic mass is 16.6. The highest BCUT2D eigenvalue weighted by Crippen LogP contribution is 2.52. The van der Waals surface area contributed by atoms with Crippen LogP contribution in [0.3, 0.4) is 0 Å². The van der Waals surface area contributed by atoms with Gasteiger partial charge in [0.25, 0.3) is 0 Å². The van der Waals surface area contributed by atoms with Crippen LogP contribution < -0.4 is 0 Å². The third-order valence-corrected chi connectivity index (χ3v) is 5.16. The fourth-order valence-electron chi connectivity index (χ4n) is 3.98. The molecule has 0 amide bonds. The van der Waals surface area contributed by atoms with Gasteiger partial charge in [-0.2, -0.15) is 0 Å². The summed E-state index contributed by atoms with van der Waals surface area (Å²) in [6.07, 6.45) is -1.52. The Morgan fingerprint density at radius 2 is 2.00 bits per heavy atom. The van der Waals surface area contributed by atoms with E-state index in [9.17, 15) is 20.1 Å². The lowest BCUT2D eigenvalue weighted by atomic mass is 9.78. The van der Waals surface area contributed by atoms with Gasteiger partial charge < -0.3 is 20.1 Å². The van der Waals surface area contributed by atoms with E-state index in [1.807, 2.05) is 6.92 Å². The van der Waals surface area contributed by atoms with E-state index >= 15 is 0 Å². The maximum absolute atomic E-state index is 11.8. The Balaban J connectivity index is 2.13. The maximum Gasteiger partial charge on any atom is 0.334 e. The fourth-order valence-corrected chi connectivity index (χ4v) is 3.98. The van der Waals surface area contributed by atoms with Crippen LogP contribution in [0.5, 0.6) is 0 Å². The van der Waals surface area contributed by atoms with Gasteiger partial charge in [0.05, 0.1) is 23.7 Å². The molecule has 3 rings (SSSR count). The topological polar surface area (TPSA) is 87.0 Å². The number of carbonyl (C=O) groups is 1. The van der Waals surface area contributed by atoms with Gasteiger partial charge in [0, 0.05) is 11.5 Å². The van der Waals surface area contributed by atoms with E-state index in [2.05, 4.69) is 6.58 Å². The lowest BCUT2D eigenvalue weighted by Crippen LogP contribution is -2.47. The summed E-state index contributed by atoms with van der Waals surface area (Å²) >= 11 is 0. The largest absolute Gasteiger partial charge is 0.457 e. The predicted octanol–water partition coefficient (Wildman–Crippen LogP) is 0.297. The molecular weight excluding hydrogens is 260 g/mol. The van der Waals surface area contributed by atoms with Gasteiger partial charge in [-0.05, 0) is 26.7 Å². The highest BCUT2D eigenvalue weighted by Gasteiger charge is 2.59. The van der Waals surface area contributed by atoms with Gasteiger partial charge in [-0.15, -0.1) is 0 Å². The normalized spacial score (nSPS) is 48.0. The molecule has 0 spiro atoms. The molecule has 2 fully saturated rings. The van der Waals surface area contributed by atoms with Gasteiger partial charge in [0.2, 0.25) is 0 Å². The Kier molecular flexibility index (Phi) is 2.87. The highest BCUT2D eigenvalue weighted by molar-refractivity contribution is 5.91. The van der Waals surface area contributed by atoms with Crippen LogP contribution in [-0.2, 0) is 9.53 Å². The Morgan fingerprint density at radius 3 is 2.65 bits per heavy atom. The van der Waals surface area contributed by atoms with Crippen molar-refractivity contribution < 1.29 is 24.9 Å². The molecule has 5 nitrogen and oxygen atoms in total. The Hall–Kier alpha value is -1.17. The summed E-state index contributed by atoms with van der Waals surface area (Å²) in [4.78, 5) is 11.8. The van der Waals surface area contributed by atoms with E-state index in [4.69, 9.17) is 4.74 Å². The van der Waals surface area contributed by atoms with Crippen molar-refractivity contribution in [3.8, 4) is 0 Å². The van der Waals surface area contributed by atoms with Crippen molar-refractivity contribution in [3.05, 3.63) is 23.3 Å². The molecule has 3 aliphatic rings. The smallest absolute Gasteiger partial charge is 0.334 e. The van der Waals surface area contributed by atoms with Crippen LogP contribution in [0.25, 0.3) is 0 Å². The molecule has 1 saturated heterocycles. The average Bonchev–Trinajstić information content (AvgIpc) is 2.71. The lowest BCUT2D eigenvalue weighted by Gasteiger charge is -2.34. The van der Waals surface area contributed by atoms with Crippen molar-refractivity contribution in [1.29, 1.82) is 0 Å². The number of hydrogen-bond acceptors (Lipinski definition) is 5. The molecule has 0 radical (unpaired) electrons. The molecule has 0 aromatic rings. The quantitative estimate of drug-likeness (QED) is 0.337. The molecule has 1 aliphatic heterocycles. The third kappa shape index (κ3) is 1.63. The van der Waals surface area contributed by atoms with Crippen molar-refractivity contribution in [1.82, 2.24) is 0 Å². The summed E-state index contributed by atoms with van der Waals surface area (Å²) in [5, 5.41) is 31.1. The van der Waals surface area contributed by atoms with E-state index in [1.54, 1.807) is 6.92 Å². The molecule has 6 unspecified atom stereocenters. The van der Waals surface area contributed by atoms with Crippen molar-refractivity contribution in [2.24, 2.45) is 11.8 Å². The zero-order valence-corrected chi connectivity index (χ0v) is 11.7. The number of esters is 1. The van der Waals surface area contributed by atoms with Gasteiger partial charge in [-0.1, -0.05) is 17.7 Å². The SMILES string of the molecule is C=C1C(=O)OC2C1C(O)CC(C)=C1CC(O)C(C)(O)C12. The molecule has 1 saturated carbocycles. The van der Waals surface area contributed by atoms with Crippen LogP contribution in [0.15, 0.2) is 23.3 Å². The number of carbonyl (C=O) groups excluding carboxylic acids is 1. The first-order valence-electron chi connectivity index (χ1n) is 6.92. The molecule has 5 heteroatoms. The van der Waals surface area contributed by atoms with Gasteiger partial charge in [-0.25, -0.2) is 4.79 Å². The maximum atomic E-state index is 11.8. The minimum Gasteiger partial charge on any atom is -0.457 e. The second-order valence-electron chi connectivity index (χ2n) is 6.42. The van der Waals surface area contributed by atoms with E-state index < -0.39 is 41.7 Å². The summed E-state index contributed by atoms with van der Waals surface area (Å²) in [5.74, 6) is -1.52. The molecular formula is C15H20O5. The van der Waals surface area contributed by atoms with Crippen LogP contribution in [0, 0.1) is 11.8 Å². The standard InChI is InChI=1S/C15H20O5/c1-6-4-9(16)11-7(2)14(18)20-13(11)12-8(6)5-10(17)15(12,3)19/h9-13,16-17,19H,2,4-5H2,1,3H3. The van der Waals surface area contributed by atoms with E-state index in [0.717, 1.165) is 11.1 Å².